The average molecular weight is 427 g/mol. The zero-order valence-electron chi connectivity index (χ0n) is 15.8. The van der Waals surface area contributed by atoms with Gasteiger partial charge in [-0.15, -0.1) is 0 Å². The molecule has 1 unspecified atom stereocenters. The summed E-state index contributed by atoms with van der Waals surface area (Å²) >= 11 is 0. The lowest BCUT2D eigenvalue weighted by atomic mass is 9.93. The van der Waals surface area contributed by atoms with E-state index in [9.17, 15) is 35.1 Å². The molecule has 4 rings (SSSR count). The number of nitrogens with one attached hydrogen (secondary N) is 1. The van der Waals surface area contributed by atoms with E-state index in [1.807, 2.05) is 0 Å². The number of carbonyl (C=O) groups excluding carboxylic acids is 1. The third-order valence-electron chi connectivity index (χ3n) is 4.90. The van der Waals surface area contributed by atoms with Crippen molar-refractivity contribution in [2.24, 2.45) is 0 Å². The predicted molar refractivity (Wildman–Crippen MR) is 105 cm³/mol. The van der Waals surface area contributed by atoms with E-state index in [0.717, 1.165) is 24.4 Å². The molecule has 1 aliphatic heterocycles. The van der Waals surface area contributed by atoms with Crippen LogP contribution in [0.2, 0.25) is 0 Å². The van der Waals surface area contributed by atoms with Crippen molar-refractivity contribution >= 4 is 5.97 Å². The van der Waals surface area contributed by atoms with Gasteiger partial charge in [-0.05, 0) is 24.3 Å². The molecule has 6 N–H and O–H groups in total. The Morgan fingerprint density at radius 1 is 1.00 bits per heavy atom. The van der Waals surface area contributed by atoms with Crippen molar-refractivity contribution in [3.8, 4) is 34.5 Å². The first kappa shape index (κ1) is 20.0. The summed E-state index contributed by atoms with van der Waals surface area (Å²) in [5.41, 5.74) is -0.323. The van der Waals surface area contributed by atoms with Crippen molar-refractivity contribution < 1.29 is 39.8 Å². The van der Waals surface area contributed by atoms with Gasteiger partial charge < -0.3 is 40.0 Å². The van der Waals surface area contributed by atoms with E-state index in [-0.39, 0.29) is 23.3 Å². The second kappa shape index (κ2) is 7.48. The van der Waals surface area contributed by atoms with Crippen LogP contribution in [0.3, 0.4) is 0 Å². The van der Waals surface area contributed by atoms with Gasteiger partial charge in [0.1, 0.15) is 17.6 Å². The molecule has 0 fully saturated rings. The normalized spacial score (nSPS) is 17.4. The zero-order chi connectivity index (χ0) is 22.3. The van der Waals surface area contributed by atoms with E-state index < -0.39 is 46.7 Å². The van der Waals surface area contributed by atoms with E-state index >= 15 is 0 Å². The highest BCUT2D eigenvalue weighted by atomic mass is 16.6. The first-order chi connectivity index (χ1) is 14.7. The van der Waals surface area contributed by atoms with Crippen molar-refractivity contribution in [1.82, 2.24) is 4.98 Å². The molecule has 0 bridgehead atoms. The third kappa shape index (κ3) is 3.66. The number of fused-ring (bicyclic) bond motifs is 1. The molecule has 10 heteroatoms. The van der Waals surface area contributed by atoms with Crippen LogP contribution in [-0.2, 0) is 11.2 Å². The standard InChI is InChI=1S/C21H17NO9/c23-12-2-1-3-16-11(12)7-17(31-21(29)10-6-15(26)20(28)22-8-10)19(30-16)9-4-13(24)18(27)14(25)5-9/h1-6,8,17,19,23-27H,7H2,(H,22,28)/t17?,19-/m1/s1. The summed E-state index contributed by atoms with van der Waals surface area (Å²) in [6.07, 6.45) is -0.958. The molecule has 160 valence electrons. The Balaban J connectivity index is 1.73. The number of pyridine rings is 1. The number of esters is 1. The van der Waals surface area contributed by atoms with Gasteiger partial charge in [0, 0.05) is 29.8 Å². The summed E-state index contributed by atoms with van der Waals surface area (Å²) in [4.78, 5) is 26.1. The predicted octanol–water partition coefficient (Wildman–Crippen LogP) is 1.80. The third-order valence-corrected chi connectivity index (χ3v) is 4.90. The molecular formula is C21H17NO9. The fourth-order valence-electron chi connectivity index (χ4n) is 3.36. The van der Waals surface area contributed by atoms with Crippen LogP contribution in [0.1, 0.15) is 27.6 Å². The second-order valence-corrected chi connectivity index (χ2v) is 6.95. The lowest BCUT2D eigenvalue weighted by Gasteiger charge is -2.34. The van der Waals surface area contributed by atoms with Gasteiger partial charge in [0.15, 0.2) is 29.1 Å². The van der Waals surface area contributed by atoms with Crippen LogP contribution in [0.15, 0.2) is 47.4 Å². The van der Waals surface area contributed by atoms with Crippen molar-refractivity contribution in [1.29, 1.82) is 0 Å². The highest BCUT2D eigenvalue weighted by Crippen LogP contribution is 2.44. The molecule has 1 aromatic heterocycles. The molecule has 31 heavy (non-hydrogen) atoms. The minimum Gasteiger partial charge on any atom is -0.508 e. The molecule has 2 atom stereocenters. The highest BCUT2D eigenvalue weighted by molar-refractivity contribution is 5.89. The van der Waals surface area contributed by atoms with Crippen LogP contribution < -0.4 is 10.3 Å². The summed E-state index contributed by atoms with van der Waals surface area (Å²) < 4.78 is 11.4. The van der Waals surface area contributed by atoms with E-state index in [4.69, 9.17) is 9.47 Å². The number of phenolic OH excluding ortho intramolecular Hbond substituents is 4. The maximum Gasteiger partial charge on any atom is 0.340 e. The molecule has 1 aliphatic rings. The van der Waals surface area contributed by atoms with Crippen LogP contribution >= 0.6 is 0 Å². The van der Waals surface area contributed by atoms with Crippen molar-refractivity contribution in [2.75, 3.05) is 0 Å². The van der Waals surface area contributed by atoms with Gasteiger partial charge in [-0.3, -0.25) is 4.79 Å². The van der Waals surface area contributed by atoms with Crippen LogP contribution in [0.4, 0.5) is 0 Å². The van der Waals surface area contributed by atoms with Gasteiger partial charge in [0.25, 0.3) is 5.56 Å². The number of phenols is 4. The number of hydrogen-bond acceptors (Lipinski definition) is 9. The first-order valence-electron chi connectivity index (χ1n) is 9.09. The Morgan fingerprint density at radius 3 is 2.39 bits per heavy atom. The number of aromatic amines is 1. The van der Waals surface area contributed by atoms with Crippen LogP contribution in [-0.4, -0.2) is 42.6 Å². The fourth-order valence-corrected chi connectivity index (χ4v) is 3.36. The molecule has 0 saturated carbocycles. The molecule has 0 aliphatic carbocycles. The van der Waals surface area contributed by atoms with E-state index in [1.165, 1.54) is 6.07 Å². The first-order valence-corrected chi connectivity index (χ1v) is 9.09. The smallest absolute Gasteiger partial charge is 0.340 e. The molecule has 3 aromatic rings. The lowest BCUT2D eigenvalue weighted by molar-refractivity contribution is -0.0188. The van der Waals surface area contributed by atoms with Gasteiger partial charge in [0.2, 0.25) is 0 Å². The SMILES string of the molecule is O=C(OC1Cc2c(O)cccc2O[C@@H]1c1cc(O)c(O)c(O)c1)c1c[nH]c(=O)c(O)c1. The minimum atomic E-state index is -1.04. The molecule has 2 aromatic carbocycles. The zero-order valence-corrected chi connectivity index (χ0v) is 15.8. The van der Waals surface area contributed by atoms with Crippen LogP contribution in [0.25, 0.3) is 0 Å². The van der Waals surface area contributed by atoms with E-state index in [2.05, 4.69) is 4.98 Å². The average Bonchev–Trinajstić information content (AvgIpc) is 2.73. The van der Waals surface area contributed by atoms with Gasteiger partial charge in [0.05, 0.1) is 5.56 Å². The Kier molecular flexibility index (Phi) is 4.82. The molecular weight excluding hydrogens is 410 g/mol. The van der Waals surface area contributed by atoms with Crippen molar-refractivity contribution in [3.63, 3.8) is 0 Å². The Morgan fingerprint density at radius 2 is 1.71 bits per heavy atom. The number of ether oxygens (including phenoxy) is 2. The Hall–Kier alpha value is -4.34. The van der Waals surface area contributed by atoms with Crippen molar-refractivity contribution in [3.05, 3.63) is 69.6 Å². The quantitative estimate of drug-likeness (QED) is 0.269. The largest absolute Gasteiger partial charge is 0.508 e. The number of rotatable bonds is 3. The Bertz CT molecular complexity index is 1210. The van der Waals surface area contributed by atoms with Gasteiger partial charge in [-0.2, -0.15) is 0 Å². The van der Waals surface area contributed by atoms with Gasteiger partial charge in [-0.25, -0.2) is 4.79 Å². The van der Waals surface area contributed by atoms with Crippen LogP contribution in [0.5, 0.6) is 34.5 Å². The summed E-state index contributed by atoms with van der Waals surface area (Å²) in [6.45, 7) is 0. The Labute approximate surface area is 174 Å². The molecule has 0 amide bonds. The number of aromatic nitrogens is 1. The number of aromatic hydroxyl groups is 5. The monoisotopic (exact) mass is 427 g/mol. The summed E-state index contributed by atoms with van der Waals surface area (Å²) in [6, 6.07) is 7.86. The van der Waals surface area contributed by atoms with Gasteiger partial charge >= 0.3 is 5.97 Å². The maximum atomic E-state index is 12.6. The number of H-pyrrole nitrogens is 1. The molecule has 0 radical (unpaired) electrons. The molecule has 0 saturated heterocycles. The number of benzene rings is 2. The summed E-state index contributed by atoms with van der Waals surface area (Å²) in [5.74, 6) is -3.23. The topological polar surface area (TPSA) is 170 Å². The van der Waals surface area contributed by atoms with E-state index in [0.29, 0.717) is 11.3 Å². The summed E-state index contributed by atoms with van der Waals surface area (Å²) in [5, 5.41) is 49.1. The molecule has 2 heterocycles. The number of carbonyl (C=O) groups is 1. The molecule has 0 spiro atoms. The van der Waals surface area contributed by atoms with E-state index in [1.54, 1.807) is 12.1 Å². The fraction of sp³-hybridized carbons (Fsp3) is 0.143. The highest BCUT2D eigenvalue weighted by Gasteiger charge is 2.36. The number of hydrogen-bond donors (Lipinski definition) is 6. The molecule has 10 nitrogen and oxygen atoms in total. The lowest BCUT2D eigenvalue weighted by Crippen LogP contribution is -2.35. The van der Waals surface area contributed by atoms with Gasteiger partial charge in [-0.1, -0.05) is 6.07 Å². The second-order valence-electron chi connectivity index (χ2n) is 6.95. The van der Waals surface area contributed by atoms with Crippen molar-refractivity contribution in [2.45, 2.75) is 18.6 Å². The maximum absolute atomic E-state index is 12.6. The van der Waals surface area contributed by atoms with Crippen LogP contribution in [0, 0.1) is 0 Å². The minimum absolute atomic E-state index is 0.0240. The summed E-state index contributed by atoms with van der Waals surface area (Å²) in [7, 11) is 0.